The molecular formula is C23H24FNO3. The van der Waals surface area contributed by atoms with Gasteiger partial charge in [0, 0.05) is 17.5 Å². The first-order valence-corrected chi connectivity index (χ1v) is 10.1. The number of halogens is 1. The smallest absolute Gasteiger partial charge is 0.254 e. The van der Waals surface area contributed by atoms with Gasteiger partial charge in [-0.2, -0.15) is 0 Å². The highest BCUT2D eigenvalue weighted by atomic mass is 19.1. The molecule has 2 heterocycles. The van der Waals surface area contributed by atoms with Gasteiger partial charge in [0.2, 0.25) is 0 Å². The van der Waals surface area contributed by atoms with Crippen LogP contribution in [0, 0.1) is 5.82 Å². The van der Waals surface area contributed by atoms with Crippen molar-refractivity contribution in [2.75, 3.05) is 19.8 Å². The van der Waals surface area contributed by atoms with Crippen LogP contribution in [0.3, 0.4) is 0 Å². The summed E-state index contributed by atoms with van der Waals surface area (Å²) in [6.45, 7) is 3.82. The summed E-state index contributed by atoms with van der Waals surface area (Å²) >= 11 is 0. The van der Waals surface area contributed by atoms with Gasteiger partial charge in [-0.15, -0.1) is 0 Å². The van der Waals surface area contributed by atoms with Crippen LogP contribution in [-0.4, -0.2) is 30.6 Å². The fourth-order valence-electron chi connectivity index (χ4n) is 5.14. The molecule has 3 aliphatic rings. The maximum absolute atomic E-state index is 13.7. The molecule has 5 heteroatoms. The van der Waals surface area contributed by atoms with E-state index in [1.807, 2.05) is 11.8 Å². The summed E-state index contributed by atoms with van der Waals surface area (Å²) in [6.07, 6.45) is 4.42. The monoisotopic (exact) mass is 381 g/mol. The number of carbonyl (C=O) groups is 1. The second-order valence-electron chi connectivity index (χ2n) is 8.19. The molecule has 0 bridgehead atoms. The molecular weight excluding hydrogens is 357 g/mol. The minimum atomic E-state index is -0.383. The lowest BCUT2D eigenvalue weighted by atomic mass is 9.71. The van der Waals surface area contributed by atoms with E-state index in [1.165, 1.54) is 17.7 Å². The fourth-order valence-corrected chi connectivity index (χ4v) is 5.14. The first-order valence-electron chi connectivity index (χ1n) is 10.1. The van der Waals surface area contributed by atoms with Crippen LogP contribution in [0.2, 0.25) is 0 Å². The molecule has 1 unspecified atom stereocenters. The summed E-state index contributed by atoms with van der Waals surface area (Å²) in [4.78, 5) is 15.2. The lowest BCUT2D eigenvalue weighted by Gasteiger charge is -2.46. The maximum Gasteiger partial charge on any atom is 0.254 e. The number of benzene rings is 2. The zero-order valence-electron chi connectivity index (χ0n) is 16.0. The van der Waals surface area contributed by atoms with Crippen LogP contribution in [0.4, 0.5) is 4.39 Å². The van der Waals surface area contributed by atoms with Crippen LogP contribution in [0.15, 0.2) is 36.4 Å². The molecule has 2 aromatic carbocycles. The van der Waals surface area contributed by atoms with Crippen LogP contribution >= 0.6 is 0 Å². The highest BCUT2D eigenvalue weighted by Gasteiger charge is 2.46. The van der Waals surface area contributed by atoms with Gasteiger partial charge >= 0.3 is 0 Å². The Morgan fingerprint density at radius 2 is 1.82 bits per heavy atom. The highest BCUT2D eigenvalue weighted by Crippen LogP contribution is 2.52. The van der Waals surface area contributed by atoms with E-state index in [4.69, 9.17) is 9.47 Å². The van der Waals surface area contributed by atoms with E-state index in [9.17, 15) is 9.18 Å². The van der Waals surface area contributed by atoms with Crippen molar-refractivity contribution in [3.8, 4) is 11.5 Å². The summed E-state index contributed by atoms with van der Waals surface area (Å²) < 4.78 is 25.4. The largest absolute Gasteiger partial charge is 0.486 e. The van der Waals surface area contributed by atoms with Gasteiger partial charge in [-0.05, 0) is 61.2 Å². The summed E-state index contributed by atoms with van der Waals surface area (Å²) in [5.41, 5.74) is 2.77. The minimum Gasteiger partial charge on any atom is -0.486 e. The molecule has 1 saturated carbocycles. The number of ether oxygens (including phenoxy) is 2. The van der Waals surface area contributed by atoms with E-state index in [1.54, 1.807) is 12.1 Å². The van der Waals surface area contributed by atoms with Gasteiger partial charge in [-0.25, -0.2) is 4.39 Å². The van der Waals surface area contributed by atoms with Gasteiger partial charge < -0.3 is 14.4 Å². The quantitative estimate of drug-likeness (QED) is 0.723. The molecule has 1 spiro atoms. The van der Waals surface area contributed by atoms with Crippen LogP contribution in [-0.2, 0) is 5.41 Å². The van der Waals surface area contributed by atoms with E-state index >= 15 is 0 Å². The minimum absolute atomic E-state index is 0.0549. The normalized spacial score (nSPS) is 22.2. The van der Waals surface area contributed by atoms with E-state index in [0.29, 0.717) is 25.3 Å². The Hall–Kier alpha value is -2.56. The van der Waals surface area contributed by atoms with Crippen molar-refractivity contribution in [3.63, 3.8) is 0 Å². The fraction of sp³-hybridized carbons (Fsp3) is 0.435. The van der Waals surface area contributed by atoms with Gasteiger partial charge in [0.25, 0.3) is 5.91 Å². The topological polar surface area (TPSA) is 38.8 Å². The molecule has 146 valence electrons. The summed E-state index contributed by atoms with van der Waals surface area (Å²) in [7, 11) is 0. The molecule has 28 heavy (non-hydrogen) atoms. The lowest BCUT2D eigenvalue weighted by molar-refractivity contribution is 0.0592. The number of amides is 1. The zero-order chi connectivity index (χ0) is 19.3. The molecule has 0 aromatic heterocycles. The van der Waals surface area contributed by atoms with Crippen LogP contribution in [0.25, 0.3) is 0 Å². The van der Waals surface area contributed by atoms with E-state index < -0.39 is 0 Å². The van der Waals surface area contributed by atoms with Crippen LogP contribution in [0.1, 0.15) is 60.1 Å². The standard InChI is InChI=1S/C23H24FNO3/c1-15-18-12-20-21(28-10-9-27-20)13-19(18)23(7-2-3-8-23)14-25(15)22(26)16-5-4-6-17(24)11-16/h4-6,11-13,15H,2-3,7-10,14H2,1H3. The molecule has 5 rings (SSSR count). The second-order valence-corrected chi connectivity index (χ2v) is 8.19. The average molecular weight is 381 g/mol. The van der Waals surface area contributed by atoms with Crippen molar-refractivity contribution in [2.24, 2.45) is 0 Å². The van der Waals surface area contributed by atoms with Crippen LogP contribution in [0.5, 0.6) is 11.5 Å². The molecule has 1 fully saturated rings. The summed E-state index contributed by atoms with van der Waals surface area (Å²) in [5.74, 6) is 1.07. The number of hydrogen-bond donors (Lipinski definition) is 0. The highest BCUT2D eigenvalue weighted by molar-refractivity contribution is 5.94. The predicted octanol–water partition coefficient (Wildman–Crippen LogP) is 4.63. The molecule has 1 amide bonds. The molecule has 1 atom stereocenters. The van der Waals surface area contributed by atoms with Crippen molar-refractivity contribution in [1.82, 2.24) is 4.90 Å². The number of carbonyl (C=O) groups excluding carboxylic acids is 1. The Morgan fingerprint density at radius 1 is 1.11 bits per heavy atom. The van der Waals surface area contributed by atoms with E-state index in [2.05, 4.69) is 12.1 Å². The van der Waals surface area contributed by atoms with Gasteiger partial charge in [-0.1, -0.05) is 18.9 Å². The zero-order valence-corrected chi connectivity index (χ0v) is 16.0. The van der Waals surface area contributed by atoms with E-state index in [0.717, 1.165) is 42.7 Å². The summed E-state index contributed by atoms with van der Waals surface area (Å²) in [5, 5.41) is 0. The molecule has 4 nitrogen and oxygen atoms in total. The third-order valence-electron chi connectivity index (χ3n) is 6.57. The Labute approximate surface area is 164 Å². The van der Waals surface area contributed by atoms with E-state index in [-0.39, 0.29) is 23.2 Å². The number of rotatable bonds is 1. The van der Waals surface area contributed by atoms with Gasteiger partial charge in [0.05, 0.1) is 6.04 Å². The Morgan fingerprint density at radius 3 is 2.54 bits per heavy atom. The Bertz CT molecular complexity index is 935. The van der Waals surface area contributed by atoms with Crippen LogP contribution < -0.4 is 9.47 Å². The number of hydrogen-bond acceptors (Lipinski definition) is 3. The SMILES string of the molecule is CC1c2cc3c(cc2C2(CCCC2)CN1C(=O)c1cccc(F)c1)OCCO3. The third-order valence-corrected chi connectivity index (χ3v) is 6.57. The van der Waals surface area contributed by atoms with Crippen molar-refractivity contribution in [3.05, 3.63) is 58.9 Å². The molecule has 0 radical (unpaired) electrons. The molecule has 1 aliphatic carbocycles. The Kier molecular flexibility index (Phi) is 4.07. The molecule has 0 N–H and O–H groups in total. The predicted molar refractivity (Wildman–Crippen MR) is 103 cm³/mol. The average Bonchev–Trinajstić information content (AvgIpc) is 3.18. The second kappa shape index (κ2) is 6.50. The van der Waals surface area contributed by atoms with Crippen molar-refractivity contribution in [2.45, 2.75) is 44.1 Å². The maximum atomic E-state index is 13.7. The molecule has 2 aliphatic heterocycles. The van der Waals surface area contributed by atoms with Crippen molar-refractivity contribution < 1.29 is 18.7 Å². The van der Waals surface area contributed by atoms with Gasteiger partial charge in [0.15, 0.2) is 11.5 Å². The number of fused-ring (bicyclic) bond motifs is 3. The summed E-state index contributed by atoms with van der Waals surface area (Å²) in [6, 6.07) is 10.1. The Balaban J connectivity index is 1.60. The number of nitrogens with zero attached hydrogens (tertiary/aromatic N) is 1. The van der Waals surface area contributed by atoms with Crippen molar-refractivity contribution in [1.29, 1.82) is 0 Å². The van der Waals surface area contributed by atoms with Gasteiger partial charge in [-0.3, -0.25) is 4.79 Å². The van der Waals surface area contributed by atoms with Gasteiger partial charge in [0.1, 0.15) is 19.0 Å². The lowest BCUT2D eigenvalue weighted by Crippen LogP contribution is -2.48. The first-order chi connectivity index (χ1) is 13.6. The van der Waals surface area contributed by atoms with Crippen molar-refractivity contribution >= 4 is 5.91 Å². The molecule has 2 aromatic rings. The first kappa shape index (κ1) is 17.5. The molecule has 0 saturated heterocycles. The third kappa shape index (κ3) is 2.67.